The fourth-order valence-corrected chi connectivity index (χ4v) is 4.69. The fraction of sp³-hybridized carbons (Fsp3) is 0.320. The second-order valence-corrected chi connectivity index (χ2v) is 8.71. The number of piperidine rings is 1. The lowest BCUT2D eigenvalue weighted by Crippen LogP contribution is -2.42. The molecule has 8 heteroatoms. The first-order valence-electron chi connectivity index (χ1n) is 11.0. The first-order valence-corrected chi connectivity index (χ1v) is 11.3. The van der Waals surface area contributed by atoms with E-state index in [4.69, 9.17) is 11.6 Å². The third-order valence-corrected chi connectivity index (χ3v) is 6.53. The van der Waals surface area contributed by atoms with Crippen molar-refractivity contribution in [3.8, 4) is 0 Å². The van der Waals surface area contributed by atoms with Crippen LogP contribution in [0, 0.1) is 23.5 Å². The molecule has 0 aliphatic carbocycles. The maximum Gasteiger partial charge on any atom is 0.254 e. The Kier molecular flexibility index (Phi) is 6.88. The Morgan fingerprint density at radius 3 is 2.61 bits per heavy atom. The van der Waals surface area contributed by atoms with Crippen LogP contribution in [0.5, 0.6) is 0 Å². The number of anilines is 1. The summed E-state index contributed by atoms with van der Waals surface area (Å²) in [7, 11) is 0. The Morgan fingerprint density at radius 1 is 1.15 bits per heavy atom. The van der Waals surface area contributed by atoms with Crippen molar-refractivity contribution in [1.82, 2.24) is 9.88 Å². The molecule has 1 aliphatic heterocycles. The van der Waals surface area contributed by atoms with Crippen molar-refractivity contribution in [2.24, 2.45) is 11.8 Å². The number of benzene rings is 2. The molecule has 1 N–H and O–H groups in total. The number of nitrogens with one attached hydrogen (secondary N) is 1. The molecule has 0 radical (unpaired) electrons. The lowest BCUT2D eigenvalue weighted by molar-refractivity contribution is -0.122. The zero-order valence-electron chi connectivity index (χ0n) is 18.2. The summed E-state index contributed by atoms with van der Waals surface area (Å²) in [6.45, 7) is 2.90. The quantitative estimate of drug-likeness (QED) is 0.520. The molecule has 0 bridgehead atoms. The normalized spacial score (nSPS) is 15.5. The van der Waals surface area contributed by atoms with Crippen LogP contribution in [0.2, 0.25) is 5.02 Å². The summed E-state index contributed by atoms with van der Waals surface area (Å²) in [6, 6.07) is 9.96. The van der Waals surface area contributed by atoms with Crippen molar-refractivity contribution in [2.75, 3.05) is 18.4 Å². The molecule has 2 amide bonds. The molecular formula is C25H24ClF2N3O2. The van der Waals surface area contributed by atoms with Gasteiger partial charge in [0.1, 0.15) is 11.6 Å². The summed E-state index contributed by atoms with van der Waals surface area (Å²) in [5.74, 6) is -1.63. The maximum atomic E-state index is 14.1. The molecule has 1 aromatic heterocycles. The summed E-state index contributed by atoms with van der Waals surface area (Å²) in [4.78, 5) is 32.0. The van der Waals surface area contributed by atoms with Gasteiger partial charge >= 0.3 is 0 Å². The number of carbonyl (C=O) groups excluding carboxylic acids is 2. The summed E-state index contributed by atoms with van der Waals surface area (Å²) < 4.78 is 27.8. The molecule has 5 nitrogen and oxygen atoms in total. The smallest absolute Gasteiger partial charge is 0.254 e. The number of amides is 2. The van der Waals surface area contributed by atoms with Gasteiger partial charge in [0, 0.05) is 35.6 Å². The number of carbonyl (C=O) groups is 2. The number of pyridine rings is 1. The average Bonchev–Trinajstić information content (AvgIpc) is 2.81. The highest BCUT2D eigenvalue weighted by Gasteiger charge is 2.32. The minimum absolute atomic E-state index is 0.0704. The van der Waals surface area contributed by atoms with Gasteiger partial charge in [0.2, 0.25) is 5.91 Å². The lowest BCUT2D eigenvalue weighted by Gasteiger charge is -2.35. The molecule has 2 aromatic carbocycles. The van der Waals surface area contributed by atoms with Crippen LogP contribution in [0.3, 0.4) is 0 Å². The van der Waals surface area contributed by atoms with Crippen molar-refractivity contribution in [2.45, 2.75) is 26.2 Å². The van der Waals surface area contributed by atoms with Crippen LogP contribution >= 0.6 is 11.6 Å². The van der Waals surface area contributed by atoms with Gasteiger partial charge in [-0.25, -0.2) is 8.78 Å². The zero-order chi connectivity index (χ0) is 23.5. The van der Waals surface area contributed by atoms with E-state index in [1.54, 1.807) is 23.2 Å². The lowest BCUT2D eigenvalue weighted by atomic mass is 9.82. The fourth-order valence-electron chi connectivity index (χ4n) is 4.53. The Morgan fingerprint density at radius 2 is 1.91 bits per heavy atom. The number of likely N-dealkylation sites (tertiary alicyclic amines) is 1. The number of fused-ring (bicyclic) bond motifs is 1. The van der Waals surface area contributed by atoms with Gasteiger partial charge in [-0.3, -0.25) is 14.6 Å². The van der Waals surface area contributed by atoms with Gasteiger partial charge in [-0.05, 0) is 67.6 Å². The van der Waals surface area contributed by atoms with Crippen molar-refractivity contribution in [3.05, 3.63) is 70.9 Å². The number of halogens is 3. The van der Waals surface area contributed by atoms with Crippen LogP contribution in [0.4, 0.5) is 14.5 Å². The molecule has 1 atom stereocenters. The third kappa shape index (κ3) is 4.98. The van der Waals surface area contributed by atoms with E-state index in [1.807, 2.05) is 6.92 Å². The summed E-state index contributed by atoms with van der Waals surface area (Å²) in [5, 5.41) is 3.43. The largest absolute Gasteiger partial charge is 0.339 e. The predicted octanol–water partition coefficient (Wildman–Crippen LogP) is 5.68. The SMILES string of the molecule is CCC(C(=O)Nc1ccc(Cl)cc1F)C1CCN(C(=O)c2ccnc3ccc(F)cc23)CC1. The van der Waals surface area contributed by atoms with Crippen LogP contribution in [0.15, 0.2) is 48.7 Å². The highest BCUT2D eigenvalue weighted by Crippen LogP contribution is 2.30. The number of nitrogens with zero attached hydrogens (tertiary/aromatic N) is 2. The van der Waals surface area contributed by atoms with E-state index in [1.165, 1.54) is 24.3 Å². The van der Waals surface area contributed by atoms with Gasteiger partial charge in [0.15, 0.2) is 0 Å². The third-order valence-electron chi connectivity index (χ3n) is 6.30. The topological polar surface area (TPSA) is 62.3 Å². The molecule has 3 aromatic rings. The molecule has 0 saturated carbocycles. The highest BCUT2D eigenvalue weighted by molar-refractivity contribution is 6.30. The van der Waals surface area contributed by atoms with E-state index in [9.17, 15) is 18.4 Å². The molecule has 4 rings (SSSR count). The molecule has 0 spiro atoms. The van der Waals surface area contributed by atoms with E-state index in [0.717, 1.165) is 6.07 Å². The molecule has 1 fully saturated rings. The molecular weight excluding hydrogens is 448 g/mol. The van der Waals surface area contributed by atoms with Gasteiger partial charge in [-0.1, -0.05) is 18.5 Å². The van der Waals surface area contributed by atoms with Gasteiger partial charge in [-0.2, -0.15) is 0 Å². The van der Waals surface area contributed by atoms with Crippen LogP contribution in [-0.2, 0) is 4.79 Å². The molecule has 2 heterocycles. The van der Waals surface area contributed by atoms with E-state index < -0.39 is 11.6 Å². The molecule has 33 heavy (non-hydrogen) atoms. The number of hydrogen-bond donors (Lipinski definition) is 1. The van der Waals surface area contributed by atoms with Crippen molar-refractivity contribution in [3.63, 3.8) is 0 Å². The Labute approximate surface area is 195 Å². The Bertz CT molecular complexity index is 1200. The van der Waals surface area contributed by atoms with Crippen LogP contribution in [0.1, 0.15) is 36.5 Å². The Hall–Kier alpha value is -3.06. The monoisotopic (exact) mass is 471 g/mol. The van der Waals surface area contributed by atoms with Gasteiger partial charge in [-0.15, -0.1) is 0 Å². The van der Waals surface area contributed by atoms with Crippen molar-refractivity contribution < 1.29 is 18.4 Å². The molecule has 1 aliphatic rings. The minimum Gasteiger partial charge on any atom is -0.339 e. The molecule has 1 saturated heterocycles. The predicted molar refractivity (Wildman–Crippen MR) is 124 cm³/mol. The van der Waals surface area contributed by atoms with E-state index in [0.29, 0.717) is 48.8 Å². The second-order valence-electron chi connectivity index (χ2n) is 8.28. The summed E-state index contributed by atoms with van der Waals surface area (Å²) in [6.07, 6.45) is 3.46. The van der Waals surface area contributed by atoms with Crippen LogP contribution in [-0.4, -0.2) is 34.8 Å². The van der Waals surface area contributed by atoms with Gasteiger partial charge in [0.05, 0.1) is 16.8 Å². The van der Waals surface area contributed by atoms with E-state index in [-0.39, 0.29) is 34.4 Å². The number of hydrogen-bond acceptors (Lipinski definition) is 3. The maximum absolute atomic E-state index is 14.1. The first-order chi connectivity index (χ1) is 15.9. The second kappa shape index (κ2) is 9.83. The van der Waals surface area contributed by atoms with Gasteiger partial charge in [0.25, 0.3) is 5.91 Å². The average molecular weight is 472 g/mol. The van der Waals surface area contributed by atoms with Crippen LogP contribution < -0.4 is 5.32 Å². The highest BCUT2D eigenvalue weighted by atomic mass is 35.5. The van der Waals surface area contributed by atoms with Crippen molar-refractivity contribution in [1.29, 1.82) is 0 Å². The van der Waals surface area contributed by atoms with Gasteiger partial charge < -0.3 is 10.2 Å². The zero-order valence-corrected chi connectivity index (χ0v) is 18.9. The van der Waals surface area contributed by atoms with E-state index >= 15 is 0 Å². The Balaban J connectivity index is 1.43. The summed E-state index contributed by atoms with van der Waals surface area (Å²) >= 11 is 5.78. The number of aromatic nitrogens is 1. The minimum atomic E-state index is -0.577. The molecule has 1 unspecified atom stereocenters. The van der Waals surface area contributed by atoms with E-state index in [2.05, 4.69) is 10.3 Å². The van der Waals surface area contributed by atoms with Crippen molar-refractivity contribution >= 4 is 40.0 Å². The van der Waals surface area contributed by atoms with Crippen LogP contribution in [0.25, 0.3) is 10.9 Å². The first kappa shape index (κ1) is 23.1. The number of rotatable bonds is 5. The summed E-state index contributed by atoms with van der Waals surface area (Å²) in [5.41, 5.74) is 1.09. The molecule has 172 valence electrons. The standard InChI is InChI=1S/C25H24ClF2N3O2/c1-2-18(24(32)30-23-5-3-16(26)13-21(23)28)15-8-11-31(12-9-15)25(33)19-7-10-29-22-6-4-17(27)14-20(19)22/h3-7,10,13-15,18H,2,8-9,11-12H2,1H3,(H,30,32).